The average molecular weight is 334 g/mol. The molecule has 0 saturated carbocycles. The summed E-state index contributed by atoms with van der Waals surface area (Å²) < 4.78 is 40.3. The van der Waals surface area contributed by atoms with Crippen molar-refractivity contribution in [2.75, 3.05) is 0 Å². The molecule has 1 aromatic heterocycles. The van der Waals surface area contributed by atoms with E-state index in [2.05, 4.69) is 9.47 Å². The van der Waals surface area contributed by atoms with Gasteiger partial charge >= 0.3 is 6.29 Å². The fourth-order valence-corrected chi connectivity index (χ4v) is 2.50. The van der Waals surface area contributed by atoms with E-state index >= 15 is 0 Å². The molecule has 6 nitrogen and oxygen atoms in total. The van der Waals surface area contributed by atoms with Crippen LogP contribution in [0.1, 0.15) is 0 Å². The molecule has 24 heavy (non-hydrogen) atoms. The van der Waals surface area contributed by atoms with Crippen molar-refractivity contribution in [2.24, 2.45) is 0 Å². The van der Waals surface area contributed by atoms with Gasteiger partial charge in [-0.25, -0.2) is 0 Å². The summed E-state index contributed by atoms with van der Waals surface area (Å²) in [5.41, 5.74) is -0.304. The lowest BCUT2D eigenvalue weighted by Gasteiger charge is -2.06. The zero-order valence-corrected chi connectivity index (χ0v) is 11.7. The van der Waals surface area contributed by atoms with Gasteiger partial charge in [-0.05, 0) is 18.2 Å². The van der Waals surface area contributed by atoms with Gasteiger partial charge in [-0.2, -0.15) is 0 Å². The van der Waals surface area contributed by atoms with E-state index in [0.29, 0.717) is 0 Å². The third-order valence-electron chi connectivity index (χ3n) is 3.48. The number of hydrogen-bond acceptors (Lipinski definition) is 6. The SMILES string of the molecule is O=c1cc(-c2ccc3c(c2)OC(F)(F)O3)oc2cc(O)cc(O)c12. The Morgan fingerprint density at radius 3 is 2.50 bits per heavy atom. The molecule has 0 spiro atoms. The second-order valence-electron chi connectivity index (χ2n) is 5.14. The van der Waals surface area contributed by atoms with E-state index < -0.39 is 17.5 Å². The zero-order chi connectivity index (χ0) is 17.1. The maximum absolute atomic E-state index is 13.1. The highest BCUT2D eigenvalue weighted by Gasteiger charge is 2.43. The highest BCUT2D eigenvalue weighted by molar-refractivity contribution is 5.86. The van der Waals surface area contributed by atoms with E-state index in [0.717, 1.165) is 12.1 Å². The fraction of sp³-hybridized carbons (Fsp3) is 0.0625. The molecule has 3 aromatic rings. The summed E-state index contributed by atoms with van der Waals surface area (Å²) in [4.78, 5) is 12.2. The van der Waals surface area contributed by atoms with Crippen LogP contribution in [0.4, 0.5) is 8.78 Å². The van der Waals surface area contributed by atoms with E-state index in [4.69, 9.17) is 4.42 Å². The molecule has 1 aliphatic heterocycles. The molecule has 0 radical (unpaired) electrons. The number of rotatable bonds is 1. The Morgan fingerprint density at radius 1 is 0.958 bits per heavy atom. The minimum atomic E-state index is -3.75. The topological polar surface area (TPSA) is 89.1 Å². The normalized spacial score (nSPS) is 14.9. The first kappa shape index (κ1) is 14.3. The van der Waals surface area contributed by atoms with Gasteiger partial charge in [0.1, 0.15) is 28.2 Å². The third-order valence-corrected chi connectivity index (χ3v) is 3.48. The predicted molar refractivity (Wildman–Crippen MR) is 77.5 cm³/mol. The molecule has 2 N–H and O–H groups in total. The maximum atomic E-state index is 13.1. The van der Waals surface area contributed by atoms with Gasteiger partial charge in [0, 0.05) is 23.8 Å². The fourth-order valence-electron chi connectivity index (χ4n) is 2.50. The predicted octanol–water partition coefficient (Wildman–Crippen LogP) is 3.19. The summed E-state index contributed by atoms with van der Waals surface area (Å²) in [6.07, 6.45) is -3.75. The summed E-state index contributed by atoms with van der Waals surface area (Å²) in [6.45, 7) is 0. The van der Waals surface area contributed by atoms with Crippen molar-refractivity contribution in [1.29, 1.82) is 0 Å². The number of alkyl halides is 2. The smallest absolute Gasteiger partial charge is 0.508 e. The molecule has 0 amide bonds. The third kappa shape index (κ3) is 2.19. The van der Waals surface area contributed by atoms with E-state index in [1.165, 1.54) is 24.3 Å². The van der Waals surface area contributed by atoms with Crippen LogP contribution < -0.4 is 14.9 Å². The minimum absolute atomic E-state index is 0.0435. The largest absolute Gasteiger partial charge is 0.586 e. The van der Waals surface area contributed by atoms with E-state index in [1.807, 2.05) is 0 Å². The van der Waals surface area contributed by atoms with Crippen molar-refractivity contribution >= 4 is 11.0 Å². The summed E-state index contributed by atoms with van der Waals surface area (Å²) >= 11 is 0. The van der Waals surface area contributed by atoms with Crippen LogP contribution in [0.5, 0.6) is 23.0 Å². The molecule has 4 rings (SSSR count). The number of benzene rings is 2. The van der Waals surface area contributed by atoms with Gasteiger partial charge in [0.15, 0.2) is 16.9 Å². The van der Waals surface area contributed by atoms with E-state index in [1.54, 1.807) is 0 Å². The summed E-state index contributed by atoms with van der Waals surface area (Å²) in [5.74, 6) is -0.985. The molecule has 122 valence electrons. The molecular formula is C16H8F2O6. The average Bonchev–Trinajstić information content (AvgIpc) is 2.78. The Bertz CT molecular complexity index is 1040. The first-order chi connectivity index (χ1) is 11.3. The quantitative estimate of drug-likeness (QED) is 0.710. The lowest BCUT2D eigenvalue weighted by molar-refractivity contribution is -0.286. The Labute approximate surface area is 132 Å². The maximum Gasteiger partial charge on any atom is 0.586 e. The van der Waals surface area contributed by atoms with Gasteiger partial charge in [-0.3, -0.25) is 4.79 Å². The summed E-state index contributed by atoms with van der Waals surface area (Å²) in [5, 5.41) is 19.2. The van der Waals surface area contributed by atoms with Crippen LogP contribution in [0.15, 0.2) is 45.6 Å². The van der Waals surface area contributed by atoms with Crippen molar-refractivity contribution in [1.82, 2.24) is 0 Å². The lowest BCUT2D eigenvalue weighted by Crippen LogP contribution is -2.25. The molecule has 8 heteroatoms. The van der Waals surface area contributed by atoms with Crippen LogP contribution in [0.2, 0.25) is 0 Å². The van der Waals surface area contributed by atoms with E-state index in [9.17, 15) is 23.8 Å². The van der Waals surface area contributed by atoms with Crippen LogP contribution in [0, 0.1) is 0 Å². The van der Waals surface area contributed by atoms with Gasteiger partial charge in [-0.1, -0.05) is 0 Å². The standard InChI is InChI=1S/C16H8F2O6/c17-16(18)23-11-2-1-7(3-13(11)24-16)12-6-10(21)15-9(20)4-8(19)5-14(15)22-12/h1-6,19-20H. The molecule has 0 bridgehead atoms. The monoisotopic (exact) mass is 334 g/mol. The molecule has 0 fully saturated rings. The van der Waals surface area contributed by atoms with Gasteiger partial charge in [0.2, 0.25) is 0 Å². The Morgan fingerprint density at radius 2 is 1.71 bits per heavy atom. The first-order valence-electron chi connectivity index (χ1n) is 6.72. The molecule has 0 atom stereocenters. The number of aromatic hydroxyl groups is 2. The minimum Gasteiger partial charge on any atom is -0.508 e. The number of ether oxygens (including phenoxy) is 2. The van der Waals surface area contributed by atoms with E-state index in [-0.39, 0.29) is 39.5 Å². The van der Waals surface area contributed by atoms with Gasteiger partial charge < -0.3 is 24.1 Å². The second-order valence-corrected chi connectivity index (χ2v) is 5.14. The molecule has 0 unspecified atom stereocenters. The number of halogens is 2. The van der Waals surface area contributed by atoms with Crippen molar-refractivity contribution < 1.29 is 32.9 Å². The van der Waals surface area contributed by atoms with Gasteiger partial charge in [0.05, 0.1) is 0 Å². The molecule has 2 aromatic carbocycles. The summed E-state index contributed by atoms with van der Waals surface area (Å²) in [6, 6.07) is 7.20. The van der Waals surface area contributed by atoms with Crippen LogP contribution >= 0.6 is 0 Å². The molecular weight excluding hydrogens is 326 g/mol. The second kappa shape index (κ2) is 4.60. The molecule has 2 heterocycles. The van der Waals surface area contributed by atoms with Crippen LogP contribution in [0.25, 0.3) is 22.3 Å². The first-order valence-corrected chi connectivity index (χ1v) is 6.72. The van der Waals surface area contributed by atoms with Crippen molar-refractivity contribution in [3.63, 3.8) is 0 Å². The lowest BCUT2D eigenvalue weighted by atomic mass is 10.1. The molecule has 1 aliphatic rings. The van der Waals surface area contributed by atoms with Gasteiger partial charge in [0.25, 0.3) is 0 Å². The van der Waals surface area contributed by atoms with Crippen LogP contribution in [-0.4, -0.2) is 16.5 Å². The van der Waals surface area contributed by atoms with Crippen molar-refractivity contribution in [2.45, 2.75) is 6.29 Å². The molecule has 0 aliphatic carbocycles. The number of phenols is 2. The zero-order valence-electron chi connectivity index (χ0n) is 11.7. The number of phenolic OH excluding ortho intramolecular Hbond substituents is 2. The van der Waals surface area contributed by atoms with Crippen LogP contribution in [0.3, 0.4) is 0 Å². The number of fused-ring (bicyclic) bond motifs is 2. The van der Waals surface area contributed by atoms with Crippen LogP contribution in [-0.2, 0) is 0 Å². The van der Waals surface area contributed by atoms with Crippen molar-refractivity contribution in [3.05, 3.63) is 46.6 Å². The summed E-state index contributed by atoms with van der Waals surface area (Å²) in [7, 11) is 0. The highest BCUT2D eigenvalue weighted by Crippen LogP contribution is 2.43. The van der Waals surface area contributed by atoms with Crippen molar-refractivity contribution in [3.8, 4) is 34.3 Å². The number of hydrogen-bond donors (Lipinski definition) is 2. The highest BCUT2D eigenvalue weighted by atomic mass is 19.3. The Hall–Kier alpha value is -3.29. The molecule has 0 saturated heterocycles. The Balaban J connectivity index is 1.88. The Kier molecular flexibility index (Phi) is 2.75. The van der Waals surface area contributed by atoms with Gasteiger partial charge in [-0.15, -0.1) is 8.78 Å².